The second-order valence-corrected chi connectivity index (χ2v) is 7.77. The van der Waals surface area contributed by atoms with Crippen LogP contribution in [0.25, 0.3) is 5.69 Å². The molecule has 2 heterocycles. The Balaban J connectivity index is 1.44. The highest BCUT2D eigenvalue weighted by Gasteiger charge is 2.22. The van der Waals surface area contributed by atoms with E-state index in [2.05, 4.69) is 27.5 Å². The quantitative estimate of drug-likeness (QED) is 0.701. The van der Waals surface area contributed by atoms with Crippen molar-refractivity contribution in [2.45, 2.75) is 51.2 Å². The van der Waals surface area contributed by atoms with Crippen molar-refractivity contribution < 1.29 is 9.90 Å². The average molecular weight is 390 g/mol. The SMILES string of the molecule is Cc1cnc(C(=O)N[C@H]2CC[C@@H](O)CC2)cc1Cc1ccc(-n2cccn2)cc1. The molecule has 0 saturated heterocycles. The van der Waals surface area contributed by atoms with E-state index in [1.807, 2.05) is 42.1 Å². The van der Waals surface area contributed by atoms with Crippen molar-refractivity contribution >= 4 is 5.91 Å². The minimum atomic E-state index is -0.230. The Morgan fingerprint density at radius 3 is 2.66 bits per heavy atom. The van der Waals surface area contributed by atoms with Crippen molar-refractivity contribution in [3.8, 4) is 5.69 Å². The van der Waals surface area contributed by atoms with E-state index >= 15 is 0 Å². The molecule has 1 aliphatic rings. The van der Waals surface area contributed by atoms with Gasteiger partial charge in [0.2, 0.25) is 0 Å². The minimum Gasteiger partial charge on any atom is -0.393 e. The molecule has 1 fully saturated rings. The van der Waals surface area contributed by atoms with Crippen LogP contribution in [-0.4, -0.2) is 37.9 Å². The van der Waals surface area contributed by atoms with Crippen LogP contribution in [-0.2, 0) is 6.42 Å². The molecular weight excluding hydrogens is 364 g/mol. The van der Waals surface area contributed by atoms with Gasteiger partial charge in [0.15, 0.2) is 0 Å². The van der Waals surface area contributed by atoms with E-state index in [-0.39, 0.29) is 18.1 Å². The maximum Gasteiger partial charge on any atom is 0.270 e. The zero-order chi connectivity index (χ0) is 20.2. The van der Waals surface area contributed by atoms with E-state index in [0.29, 0.717) is 5.69 Å². The van der Waals surface area contributed by atoms with Gasteiger partial charge in [-0.15, -0.1) is 0 Å². The molecule has 0 radical (unpaired) electrons. The first-order chi connectivity index (χ1) is 14.1. The molecule has 1 saturated carbocycles. The molecule has 29 heavy (non-hydrogen) atoms. The first-order valence-electron chi connectivity index (χ1n) is 10.1. The van der Waals surface area contributed by atoms with Crippen LogP contribution in [0.4, 0.5) is 0 Å². The molecule has 150 valence electrons. The van der Waals surface area contributed by atoms with E-state index < -0.39 is 0 Å². The maximum absolute atomic E-state index is 12.6. The van der Waals surface area contributed by atoms with Gasteiger partial charge in [0, 0.05) is 24.6 Å². The Hall–Kier alpha value is -2.99. The fourth-order valence-electron chi connectivity index (χ4n) is 3.77. The Morgan fingerprint density at radius 1 is 1.21 bits per heavy atom. The fraction of sp³-hybridized carbons (Fsp3) is 0.348. The number of hydrogen-bond donors (Lipinski definition) is 2. The summed E-state index contributed by atoms with van der Waals surface area (Å²) in [7, 11) is 0. The summed E-state index contributed by atoms with van der Waals surface area (Å²) >= 11 is 0. The molecule has 0 aliphatic heterocycles. The van der Waals surface area contributed by atoms with E-state index in [1.165, 1.54) is 5.56 Å². The van der Waals surface area contributed by atoms with Gasteiger partial charge in [-0.1, -0.05) is 12.1 Å². The molecule has 1 amide bonds. The highest BCUT2D eigenvalue weighted by molar-refractivity contribution is 5.92. The lowest BCUT2D eigenvalue weighted by molar-refractivity contribution is 0.0863. The molecule has 0 spiro atoms. The lowest BCUT2D eigenvalue weighted by Gasteiger charge is -2.26. The van der Waals surface area contributed by atoms with Crippen molar-refractivity contribution in [2.24, 2.45) is 0 Å². The van der Waals surface area contributed by atoms with Crippen molar-refractivity contribution in [3.63, 3.8) is 0 Å². The van der Waals surface area contributed by atoms with Crippen LogP contribution >= 0.6 is 0 Å². The molecule has 2 N–H and O–H groups in total. The molecule has 6 heteroatoms. The number of aromatic nitrogens is 3. The summed E-state index contributed by atoms with van der Waals surface area (Å²) in [5, 5.41) is 16.9. The topological polar surface area (TPSA) is 80.0 Å². The summed E-state index contributed by atoms with van der Waals surface area (Å²) in [5.41, 5.74) is 4.80. The number of nitrogens with one attached hydrogen (secondary N) is 1. The van der Waals surface area contributed by atoms with Gasteiger partial charge in [-0.3, -0.25) is 9.78 Å². The molecule has 2 aromatic heterocycles. The summed E-state index contributed by atoms with van der Waals surface area (Å²) < 4.78 is 1.83. The van der Waals surface area contributed by atoms with Gasteiger partial charge in [0.1, 0.15) is 5.69 Å². The number of aliphatic hydroxyl groups excluding tert-OH is 1. The highest BCUT2D eigenvalue weighted by atomic mass is 16.3. The molecule has 3 aromatic rings. The average Bonchev–Trinajstić information content (AvgIpc) is 3.27. The summed E-state index contributed by atoms with van der Waals surface area (Å²) in [4.78, 5) is 17.0. The van der Waals surface area contributed by atoms with Crippen LogP contribution in [0, 0.1) is 6.92 Å². The molecular formula is C23H26N4O2. The number of pyridine rings is 1. The van der Waals surface area contributed by atoms with Crippen LogP contribution in [0.2, 0.25) is 0 Å². The standard InChI is InChI=1S/C23H26N4O2/c1-16-15-24-22(23(29)26-19-5-9-21(28)10-6-19)14-18(16)13-17-3-7-20(8-4-17)27-12-2-11-25-27/h2-4,7-8,11-12,14-15,19,21,28H,5-6,9-10,13H2,1H3,(H,26,29)/t19-,21+. The van der Waals surface area contributed by atoms with Crippen LogP contribution in [0.5, 0.6) is 0 Å². The van der Waals surface area contributed by atoms with Crippen LogP contribution in [0.3, 0.4) is 0 Å². The van der Waals surface area contributed by atoms with Crippen molar-refractivity contribution in [1.29, 1.82) is 0 Å². The van der Waals surface area contributed by atoms with Crippen molar-refractivity contribution in [3.05, 3.63) is 77.4 Å². The number of nitrogens with zero attached hydrogens (tertiary/aromatic N) is 3. The largest absolute Gasteiger partial charge is 0.393 e. The summed E-state index contributed by atoms with van der Waals surface area (Å²) in [6, 6.07) is 12.2. The molecule has 0 unspecified atom stereocenters. The number of rotatable bonds is 5. The van der Waals surface area contributed by atoms with Crippen molar-refractivity contribution in [1.82, 2.24) is 20.1 Å². The third kappa shape index (κ3) is 4.71. The number of aliphatic hydroxyl groups is 1. The predicted molar refractivity (Wildman–Crippen MR) is 111 cm³/mol. The van der Waals surface area contributed by atoms with Gasteiger partial charge < -0.3 is 10.4 Å². The Labute approximate surface area is 170 Å². The first-order valence-corrected chi connectivity index (χ1v) is 10.1. The highest BCUT2D eigenvalue weighted by Crippen LogP contribution is 2.20. The van der Waals surface area contributed by atoms with Crippen molar-refractivity contribution in [2.75, 3.05) is 0 Å². The summed E-state index contributed by atoms with van der Waals surface area (Å²) in [6.07, 6.45) is 9.07. The lowest BCUT2D eigenvalue weighted by atomic mass is 9.93. The van der Waals surface area contributed by atoms with Gasteiger partial charge in [0.05, 0.1) is 11.8 Å². The monoisotopic (exact) mass is 390 g/mol. The van der Waals surface area contributed by atoms with E-state index in [1.54, 1.807) is 12.4 Å². The molecule has 0 atom stereocenters. The van der Waals surface area contributed by atoms with E-state index in [0.717, 1.165) is 48.9 Å². The summed E-state index contributed by atoms with van der Waals surface area (Å²) in [5.74, 6) is -0.137. The number of amides is 1. The Bertz CT molecular complexity index is 959. The van der Waals surface area contributed by atoms with Gasteiger partial charge in [-0.05, 0) is 80.0 Å². The number of benzene rings is 1. The molecule has 1 aromatic carbocycles. The second kappa shape index (κ2) is 8.57. The van der Waals surface area contributed by atoms with Gasteiger partial charge in [-0.25, -0.2) is 4.68 Å². The van der Waals surface area contributed by atoms with Gasteiger partial charge >= 0.3 is 0 Å². The van der Waals surface area contributed by atoms with Crippen LogP contribution in [0.1, 0.15) is 52.9 Å². The maximum atomic E-state index is 12.6. The zero-order valence-corrected chi connectivity index (χ0v) is 16.6. The van der Waals surface area contributed by atoms with E-state index in [4.69, 9.17) is 0 Å². The van der Waals surface area contributed by atoms with E-state index in [9.17, 15) is 9.90 Å². The minimum absolute atomic E-state index is 0.118. The third-order valence-electron chi connectivity index (χ3n) is 5.58. The fourth-order valence-corrected chi connectivity index (χ4v) is 3.77. The summed E-state index contributed by atoms with van der Waals surface area (Å²) in [6.45, 7) is 2.02. The molecule has 6 nitrogen and oxygen atoms in total. The Morgan fingerprint density at radius 2 is 1.97 bits per heavy atom. The number of carbonyl (C=O) groups is 1. The zero-order valence-electron chi connectivity index (χ0n) is 16.6. The number of aryl methyl sites for hydroxylation is 1. The van der Waals surface area contributed by atoms with Gasteiger partial charge in [0.25, 0.3) is 5.91 Å². The Kier molecular flexibility index (Phi) is 5.71. The molecule has 1 aliphatic carbocycles. The van der Waals surface area contributed by atoms with Gasteiger partial charge in [-0.2, -0.15) is 5.10 Å². The normalized spacial score (nSPS) is 19.1. The number of carbonyl (C=O) groups excluding carboxylic acids is 1. The van der Waals surface area contributed by atoms with Crippen LogP contribution in [0.15, 0.2) is 55.0 Å². The molecule has 0 bridgehead atoms. The smallest absolute Gasteiger partial charge is 0.270 e. The second-order valence-electron chi connectivity index (χ2n) is 7.77. The van der Waals surface area contributed by atoms with Crippen LogP contribution < -0.4 is 5.32 Å². The third-order valence-corrected chi connectivity index (χ3v) is 5.58. The predicted octanol–water partition coefficient (Wildman–Crippen LogP) is 3.20. The molecule has 4 rings (SSSR count). The lowest BCUT2D eigenvalue weighted by Crippen LogP contribution is -2.38. The first kappa shape index (κ1) is 19.3. The number of hydrogen-bond acceptors (Lipinski definition) is 4.